The van der Waals surface area contributed by atoms with E-state index in [1.807, 2.05) is 12.1 Å². The van der Waals surface area contributed by atoms with Gasteiger partial charge in [0.1, 0.15) is 17.9 Å². The molecule has 5 fully saturated rings. The van der Waals surface area contributed by atoms with Gasteiger partial charge in [-0.3, -0.25) is 39.1 Å². The van der Waals surface area contributed by atoms with Crippen LogP contribution in [0.15, 0.2) is 48.5 Å². The van der Waals surface area contributed by atoms with Gasteiger partial charge in [0.05, 0.1) is 27.8 Å². The molecule has 3 aromatic rings. The van der Waals surface area contributed by atoms with Gasteiger partial charge in [-0.25, -0.2) is 0 Å². The average molecular weight is 820 g/mol. The summed E-state index contributed by atoms with van der Waals surface area (Å²) in [6, 6.07) is 15.8. The molecular formula is C43H46ClN9O6. The number of nitriles is 1. The number of nitrogens with one attached hydrogen (secondary N) is 2. The number of hydrogen-bond donors (Lipinski definition) is 2. The van der Waals surface area contributed by atoms with Crippen LogP contribution in [0, 0.1) is 16.7 Å². The topological polar surface area (TPSA) is 181 Å². The van der Waals surface area contributed by atoms with Crippen molar-refractivity contribution in [2.24, 2.45) is 5.41 Å². The number of piperazine rings is 1. The summed E-state index contributed by atoms with van der Waals surface area (Å²) < 4.78 is 6.08. The molecule has 1 spiro atoms. The molecule has 6 aliphatic rings. The number of benzene rings is 2. The molecule has 2 saturated carbocycles. The lowest BCUT2D eigenvalue weighted by atomic mass is 9.60. The predicted molar refractivity (Wildman–Crippen MR) is 216 cm³/mol. The minimum Gasteiger partial charge on any atom is -0.490 e. The van der Waals surface area contributed by atoms with Gasteiger partial charge in [-0.1, -0.05) is 11.6 Å². The molecule has 15 nitrogen and oxygen atoms in total. The lowest BCUT2D eigenvalue weighted by Crippen LogP contribution is -2.59. The highest BCUT2D eigenvalue weighted by atomic mass is 35.5. The third-order valence-corrected chi connectivity index (χ3v) is 13.7. The number of imide groups is 2. The maximum Gasteiger partial charge on any atom is 0.272 e. The van der Waals surface area contributed by atoms with Crippen molar-refractivity contribution in [1.29, 1.82) is 5.26 Å². The first-order chi connectivity index (χ1) is 28.6. The van der Waals surface area contributed by atoms with Crippen molar-refractivity contribution in [3.63, 3.8) is 0 Å². The summed E-state index contributed by atoms with van der Waals surface area (Å²) in [6.07, 6.45) is 7.89. The fourth-order valence-corrected chi connectivity index (χ4v) is 10.1. The number of piperidine rings is 2. The smallest absolute Gasteiger partial charge is 0.272 e. The molecule has 4 aliphatic heterocycles. The number of ether oxygens (including phenoxy) is 1. The number of fused-ring (bicyclic) bond motifs is 1. The lowest BCUT2D eigenvalue weighted by Gasteiger charge is -2.56. The van der Waals surface area contributed by atoms with Crippen molar-refractivity contribution in [2.75, 3.05) is 49.1 Å². The van der Waals surface area contributed by atoms with Gasteiger partial charge in [0.15, 0.2) is 11.5 Å². The quantitative estimate of drug-likeness (QED) is 0.311. The molecule has 59 heavy (non-hydrogen) atoms. The van der Waals surface area contributed by atoms with Gasteiger partial charge >= 0.3 is 0 Å². The summed E-state index contributed by atoms with van der Waals surface area (Å²) in [6.45, 7) is 5.32. The molecule has 0 radical (unpaired) electrons. The Morgan fingerprint density at radius 3 is 2.27 bits per heavy atom. The summed E-state index contributed by atoms with van der Waals surface area (Å²) in [5, 5.41) is 23.6. The zero-order valence-corrected chi connectivity index (χ0v) is 33.5. The Labute approximate surface area is 347 Å². The maximum atomic E-state index is 13.4. The second kappa shape index (κ2) is 15.9. The molecule has 5 amide bonds. The number of amides is 5. The second-order valence-corrected chi connectivity index (χ2v) is 17.3. The highest BCUT2D eigenvalue weighted by molar-refractivity contribution is 6.31. The minimum absolute atomic E-state index is 0.0211. The molecule has 5 heterocycles. The number of carbonyl (C=O) groups is 5. The Kier molecular flexibility index (Phi) is 10.5. The van der Waals surface area contributed by atoms with Crippen LogP contribution in [0.2, 0.25) is 5.02 Å². The van der Waals surface area contributed by atoms with E-state index in [1.54, 1.807) is 36.4 Å². The molecule has 1 unspecified atom stereocenters. The molecule has 1 aromatic heterocycles. The summed E-state index contributed by atoms with van der Waals surface area (Å²) in [4.78, 5) is 71.8. The number of halogens is 1. The van der Waals surface area contributed by atoms with E-state index in [9.17, 15) is 24.0 Å². The third kappa shape index (κ3) is 7.71. The predicted octanol–water partition coefficient (Wildman–Crippen LogP) is 4.09. The van der Waals surface area contributed by atoms with E-state index in [0.29, 0.717) is 44.6 Å². The third-order valence-electron chi connectivity index (χ3n) is 13.4. The van der Waals surface area contributed by atoms with Crippen LogP contribution in [-0.4, -0.2) is 113 Å². The van der Waals surface area contributed by atoms with Crippen LogP contribution < -0.4 is 25.2 Å². The van der Waals surface area contributed by atoms with Crippen molar-refractivity contribution in [3.8, 4) is 11.8 Å². The SMILES string of the molecule is N#Cc1ccc(OC2CCC(NC(=O)c3ccc(N4CCN(C5CC6(CCN(c7ccc8c(c7)C(=O)N(C7CCC(=O)NC7=O)C8=O)CC6)C5)CC4)nn3)CC2)cc1Cl. The van der Waals surface area contributed by atoms with Gasteiger partial charge < -0.3 is 19.9 Å². The molecule has 3 saturated heterocycles. The van der Waals surface area contributed by atoms with Crippen molar-refractivity contribution in [1.82, 2.24) is 30.6 Å². The van der Waals surface area contributed by atoms with Crippen LogP contribution >= 0.6 is 11.6 Å². The number of hydrogen-bond acceptors (Lipinski definition) is 12. The van der Waals surface area contributed by atoms with Crippen LogP contribution in [0.25, 0.3) is 0 Å². The van der Waals surface area contributed by atoms with Gasteiger partial charge in [-0.15, -0.1) is 10.2 Å². The van der Waals surface area contributed by atoms with E-state index in [1.165, 1.54) is 12.8 Å². The number of aromatic nitrogens is 2. The Hall–Kier alpha value is -5.59. The molecular weight excluding hydrogens is 774 g/mol. The molecule has 1 atom stereocenters. The van der Waals surface area contributed by atoms with Crippen LogP contribution in [-0.2, 0) is 9.59 Å². The minimum atomic E-state index is -0.970. The van der Waals surface area contributed by atoms with E-state index >= 15 is 0 Å². The van der Waals surface area contributed by atoms with Gasteiger partial charge in [-0.2, -0.15) is 5.26 Å². The van der Waals surface area contributed by atoms with Crippen LogP contribution in [0.5, 0.6) is 5.75 Å². The number of carbonyl (C=O) groups excluding carboxylic acids is 5. The van der Waals surface area contributed by atoms with Gasteiger partial charge in [0.2, 0.25) is 11.8 Å². The zero-order valence-electron chi connectivity index (χ0n) is 32.7. The summed E-state index contributed by atoms with van der Waals surface area (Å²) in [5.41, 5.74) is 2.57. The van der Waals surface area contributed by atoms with Crippen molar-refractivity contribution < 1.29 is 28.7 Å². The normalized spacial score (nSPS) is 24.7. The Morgan fingerprint density at radius 2 is 1.59 bits per heavy atom. The maximum absolute atomic E-state index is 13.4. The fraction of sp³-hybridized carbons (Fsp3) is 0.488. The molecule has 2 aromatic carbocycles. The molecule has 9 rings (SSSR count). The molecule has 306 valence electrons. The van der Waals surface area contributed by atoms with E-state index in [-0.39, 0.29) is 36.8 Å². The standard InChI is InChI=1S/C43H46ClN9O6/c44-34-22-31(5-1-26(34)25-45)59-30-6-2-27(3-7-30)46-39(55)35-9-11-37(49-48-35)52-19-17-51(18-20-52)29-23-43(24-29)13-15-50(16-14-43)28-4-8-32-33(21-28)42(58)53(41(32)57)36-10-12-38(54)47-40(36)56/h1,4-5,8-9,11,21-22,27,29-30,36H,2-3,6-7,10,12-20,23-24H2,(H,46,55)(H,47,54,56). The first-order valence-corrected chi connectivity index (χ1v) is 21.0. The molecule has 16 heteroatoms. The van der Waals surface area contributed by atoms with E-state index in [4.69, 9.17) is 21.6 Å². The Balaban J connectivity index is 0.699. The van der Waals surface area contributed by atoms with E-state index in [0.717, 1.165) is 94.2 Å². The van der Waals surface area contributed by atoms with Gasteiger partial charge in [0.25, 0.3) is 17.7 Å². The first kappa shape index (κ1) is 38.9. The van der Waals surface area contributed by atoms with Crippen molar-refractivity contribution >= 4 is 52.6 Å². The summed E-state index contributed by atoms with van der Waals surface area (Å²) in [7, 11) is 0. The van der Waals surface area contributed by atoms with Crippen molar-refractivity contribution in [2.45, 2.75) is 88.4 Å². The fourth-order valence-electron chi connectivity index (χ4n) is 9.87. The Bertz CT molecular complexity index is 2210. The highest BCUT2D eigenvalue weighted by Gasteiger charge is 2.49. The van der Waals surface area contributed by atoms with Crippen LogP contribution in [0.4, 0.5) is 11.5 Å². The summed E-state index contributed by atoms with van der Waals surface area (Å²) >= 11 is 6.15. The van der Waals surface area contributed by atoms with Gasteiger partial charge in [-0.05, 0) is 106 Å². The largest absolute Gasteiger partial charge is 0.490 e. The van der Waals surface area contributed by atoms with E-state index < -0.39 is 23.8 Å². The Morgan fingerprint density at radius 1 is 0.847 bits per heavy atom. The zero-order chi connectivity index (χ0) is 40.8. The lowest BCUT2D eigenvalue weighted by molar-refractivity contribution is -0.136. The number of nitrogens with zero attached hydrogens (tertiary/aromatic N) is 7. The molecule has 2 aliphatic carbocycles. The van der Waals surface area contributed by atoms with Crippen LogP contribution in [0.3, 0.4) is 0 Å². The summed E-state index contributed by atoms with van der Waals surface area (Å²) in [5.74, 6) is -0.758. The highest BCUT2D eigenvalue weighted by Crippen LogP contribution is 2.51. The van der Waals surface area contributed by atoms with Crippen molar-refractivity contribution in [3.05, 3.63) is 75.9 Å². The monoisotopic (exact) mass is 819 g/mol. The van der Waals surface area contributed by atoms with E-state index in [2.05, 4.69) is 41.6 Å². The number of anilines is 2. The second-order valence-electron chi connectivity index (χ2n) is 16.8. The molecule has 2 N–H and O–H groups in total. The van der Waals surface area contributed by atoms with Crippen LogP contribution in [0.1, 0.15) is 101 Å². The average Bonchev–Trinajstić information content (AvgIpc) is 3.48. The molecule has 0 bridgehead atoms. The number of rotatable bonds is 8. The van der Waals surface area contributed by atoms with Gasteiger partial charge in [0, 0.05) is 69.5 Å². The first-order valence-electron chi connectivity index (χ1n) is 20.7.